The number of ether oxygens (including phenoxy) is 1. The maximum atomic E-state index is 12.8. The van der Waals surface area contributed by atoms with Crippen molar-refractivity contribution < 1.29 is 13.9 Å². The van der Waals surface area contributed by atoms with Crippen molar-refractivity contribution in [2.24, 2.45) is 0 Å². The van der Waals surface area contributed by atoms with Gasteiger partial charge >= 0.3 is 0 Å². The number of aromatic nitrogens is 2. The highest BCUT2D eigenvalue weighted by Crippen LogP contribution is 2.15. The Morgan fingerprint density at radius 2 is 2.06 bits per heavy atom. The Bertz CT molecular complexity index is 548. The topological polar surface area (TPSA) is 44.1 Å². The lowest BCUT2D eigenvalue weighted by molar-refractivity contribution is -0.122. The van der Waals surface area contributed by atoms with Crippen molar-refractivity contribution >= 4 is 5.78 Å². The number of halogens is 1. The van der Waals surface area contributed by atoms with E-state index < -0.39 is 6.10 Å². The summed E-state index contributed by atoms with van der Waals surface area (Å²) >= 11 is 0. The highest BCUT2D eigenvalue weighted by Gasteiger charge is 2.10. The molecule has 0 aliphatic carbocycles. The van der Waals surface area contributed by atoms with Crippen molar-refractivity contribution in [3.05, 3.63) is 42.5 Å². The molecule has 18 heavy (non-hydrogen) atoms. The van der Waals surface area contributed by atoms with Gasteiger partial charge in [-0.1, -0.05) is 0 Å². The number of rotatable bonds is 4. The third kappa shape index (κ3) is 2.74. The van der Waals surface area contributed by atoms with Gasteiger partial charge in [0.15, 0.2) is 17.6 Å². The smallest absolute Gasteiger partial charge is 0.169 e. The van der Waals surface area contributed by atoms with Gasteiger partial charge in [0.05, 0.1) is 18.1 Å². The Labute approximate surface area is 104 Å². The first kappa shape index (κ1) is 12.3. The minimum Gasteiger partial charge on any atom is -0.480 e. The fraction of sp³-hybridized carbons (Fsp3) is 0.231. The van der Waals surface area contributed by atoms with Crippen molar-refractivity contribution in [3.8, 4) is 11.4 Å². The summed E-state index contributed by atoms with van der Waals surface area (Å²) in [5, 5.41) is 4.09. The van der Waals surface area contributed by atoms with Gasteiger partial charge in [0.2, 0.25) is 0 Å². The van der Waals surface area contributed by atoms with Crippen LogP contribution in [0.25, 0.3) is 5.69 Å². The van der Waals surface area contributed by atoms with Crippen molar-refractivity contribution in [2.75, 3.05) is 0 Å². The Morgan fingerprint density at radius 1 is 1.39 bits per heavy atom. The third-order valence-electron chi connectivity index (χ3n) is 2.54. The standard InChI is InChI=1S/C13H13FN2O2/c1-9(17)10(2)18-13-7-15-16(8-13)12-5-3-11(14)4-6-12/h3-8,10H,1-2H3. The molecule has 2 rings (SSSR count). The zero-order valence-electron chi connectivity index (χ0n) is 10.1. The van der Waals surface area contributed by atoms with E-state index in [-0.39, 0.29) is 11.6 Å². The number of nitrogens with zero attached hydrogens (tertiary/aromatic N) is 2. The first-order valence-electron chi connectivity index (χ1n) is 5.54. The van der Waals surface area contributed by atoms with Crippen LogP contribution in [0.4, 0.5) is 4.39 Å². The van der Waals surface area contributed by atoms with Crippen LogP contribution in [-0.4, -0.2) is 21.7 Å². The van der Waals surface area contributed by atoms with Gasteiger partial charge < -0.3 is 4.74 Å². The Morgan fingerprint density at radius 3 is 2.67 bits per heavy atom. The van der Waals surface area contributed by atoms with Crippen LogP contribution in [0.5, 0.6) is 5.75 Å². The van der Waals surface area contributed by atoms with Gasteiger partial charge in [-0.15, -0.1) is 0 Å². The number of carbonyl (C=O) groups excluding carboxylic acids is 1. The molecule has 5 heteroatoms. The maximum absolute atomic E-state index is 12.8. The zero-order valence-corrected chi connectivity index (χ0v) is 10.1. The molecule has 0 N–H and O–H groups in total. The SMILES string of the molecule is CC(=O)C(C)Oc1cnn(-c2ccc(F)cc2)c1. The van der Waals surface area contributed by atoms with Gasteiger partial charge in [-0.25, -0.2) is 9.07 Å². The summed E-state index contributed by atoms with van der Waals surface area (Å²) in [5.41, 5.74) is 0.724. The lowest BCUT2D eigenvalue weighted by Crippen LogP contribution is -2.20. The second-order valence-corrected chi connectivity index (χ2v) is 3.97. The molecule has 0 saturated carbocycles. The summed E-state index contributed by atoms with van der Waals surface area (Å²) in [6, 6.07) is 5.94. The summed E-state index contributed by atoms with van der Waals surface area (Å²) in [6.45, 7) is 3.15. The summed E-state index contributed by atoms with van der Waals surface area (Å²) in [5.74, 6) is 0.152. The van der Waals surface area contributed by atoms with E-state index in [1.54, 1.807) is 29.9 Å². The highest BCUT2D eigenvalue weighted by atomic mass is 19.1. The predicted octanol–water partition coefficient (Wildman–Crippen LogP) is 2.37. The van der Waals surface area contributed by atoms with Crippen LogP contribution in [0.1, 0.15) is 13.8 Å². The van der Waals surface area contributed by atoms with E-state index in [0.29, 0.717) is 5.75 Å². The molecule has 1 heterocycles. The molecule has 1 aromatic heterocycles. The monoisotopic (exact) mass is 248 g/mol. The number of hydrogen-bond acceptors (Lipinski definition) is 3. The minimum absolute atomic E-state index is 0.0514. The van der Waals surface area contributed by atoms with Gasteiger partial charge in [-0.05, 0) is 38.1 Å². The quantitative estimate of drug-likeness (QED) is 0.834. The molecule has 0 fully saturated rings. The number of benzene rings is 1. The second-order valence-electron chi connectivity index (χ2n) is 3.97. The number of ketones is 1. The Balaban J connectivity index is 2.15. The number of carbonyl (C=O) groups is 1. The molecular weight excluding hydrogens is 235 g/mol. The first-order valence-corrected chi connectivity index (χ1v) is 5.54. The molecule has 1 aromatic carbocycles. The molecule has 0 aliphatic rings. The van der Waals surface area contributed by atoms with Crippen LogP contribution in [0.3, 0.4) is 0 Å². The van der Waals surface area contributed by atoms with E-state index in [1.165, 1.54) is 25.3 Å². The molecule has 0 spiro atoms. The van der Waals surface area contributed by atoms with Gasteiger partial charge in [-0.2, -0.15) is 5.10 Å². The van der Waals surface area contributed by atoms with Crippen LogP contribution in [0, 0.1) is 5.82 Å². The fourth-order valence-corrected chi connectivity index (χ4v) is 1.39. The molecule has 94 valence electrons. The van der Waals surface area contributed by atoms with Crippen molar-refractivity contribution in [1.82, 2.24) is 9.78 Å². The van der Waals surface area contributed by atoms with E-state index in [0.717, 1.165) is 5.69 Å². The Hall–Kier alpha value is -2.17. The lowest BCUT2D eigenvalue weighted by atomic mass is 10.3. The van der Waals surface area contributed by atoms with Crippen LogP contribution < -0.4 is 4.74 Å². The molecule has 2 aromatic rings. The number of hydrogen-bond donors (Lipinski definition) is 0. The third-order valence-corrected chi connectivity index (χ3v) is 2.54. The predicted molar refractivity (Wildman–Crippen MR) is 64.3 cm³/mol. The summed E-state index contributed by atoms with van der Waals surface area (Å²) < 4.78 is 19.7. The fourth-order valence-electron chi connectivity index (χ4n) is 1.39. The number of Topliss-reactive ketones (excluding diaryl/α,β-unsaturated/α-hetero) is 1. The molecule has 0 amide bonds. The first-order chi connectivity index (χ1) is 8.56. The molecule has 0 saturated heterocycles. The molecule has 0 aliphatic heterocycles. The summed E-state index contributed by atoms with van der Waals surface area (Å²) in [7, 11) is 0. The van der Waals surface area contributed by atoms with E-state index in [1.807, 2.05) is 0 Å². The van der Waals surface area contributed by atoms with Crippen LogP contribution in [0.2, 0.25) is 0 Å². The van der Waals surface area contributed by atoms with Crippen molar-refractivity contribution in [3.63, 3.8) is 0 Å². The van der Waals surface area contributed by atoms with Gasteiger partial charge in [0, 0.05) is 0 Å². The lowest BCUT2D eigenvalue weighted by Gasteiger charge is -2.08. The summed E-state index contributed by atoms with van der Waals surface area (Å²) in [4.78, 5) is 11.1. The van der Waals surface area contributed by atoms with Crippen LogP contribution >= 0.6 is 0 Å². The van der Waals surface area contributed by atoms with E-state index in [4.69, 9.17) is 4.74 Å². The summed E-state index contributed by atoms with van der Waals surface area (Å²) in [6.07, 6.45) is 2.66. The van der Waals surface area contributed by atoms with Crippen molar-refractivity contribution in [2.45, 2.75) is 20.0 Å². The maximum Gasteiger partial charge on any atom is 0.169 e. The normalized spacial score (nSPS) is 12.2. The molecule has 1 unspecified atom stereocenters. The van der Waals surface area contributed by atoms with Gasteiger partial charge in [0.25, 0.3) is 0 Å². The van der Waals surface area contributed by atoms with Gasteiger partial charge in [0.1, 0.15) is 5.82 Å². The van der Waals surface area contributed by atoms with Crippen LogP contribution in [-0.2, 0) is 4.79 Å². The molecule has 1 atom stereocenters. The zero-order chi connectivity index (χ0) is 13.1. The van der Waals surface area contributed by atoms with Gasteiger partial charge in [-0.3, -0.25) is 4.79 Å². The average Bonchev–Trinajstić information content (AvgIpc) is 2.78. The van der Waals surface area contributed by atoms with Crippen molar-refractivity contribution in [1.29, 1.82) is 0 Å². The molecular formula is C13H13FN2O2. The van der Waals surface area contributed by atoms with E-state index in [2.05, 4.69) is 5.10 Å². The van der Waals surface area contributed by atoms with E-state index >= 15 is 0 Å². The second kappa shape index (κ2) is 5.00. The van der Waals surface area contributed by atoms with Crippen LogP contribution in [0.15, 0.2) is 36.7 Å². The molecule has 4 nitrogen and oxygen atoms in total. The minimum atomic E-state index is -0.504. The van der Waals surface area contributed by atoms with E-state index in [9.17, 15) is 9.18 Å². The Kier molecular flexibility index (Phi) is 3.41. The largest absolute Gasteiger partial charge is 0.480 e. The molecule has 0 radical (unpaired) electrons. The molecule has 0 bridgehead atoms. The highest BCUT2D eigenvalue weighted by molar-refractivity contribution is 5.80. The average molecular weight is 248 g/mol.